The van der Waals surface area contributed by atoms with Crippen LogP contribution in [0.2, 0.25) is 0 Å². The predicted molar refractivity (Wildman–Crippen MR) is 120 cm³/mol. The Bertz CT molecular complexity index is 1040. The summed E-state index contributed by atoms with van der Waals surface area (Å²) in [6.45, 7) is 1.88. The zero-order valence-corrected chi connectivity index (χ0v) is 18.3. The van der Waals surface area contributed by atoms with Gasteiger partial charge in [-0.2, -0.15) is 4.98 Å². The number of halogens is 4. The first-order chi connectivity index (χ1) is 15.7. The summed E-state index contributed by atoms with van der Waals surface area (Å²) in [6.07, 6.45) is -3.93. The fraction of sp³-hybridized carbons (Fsp3) is 0.304. The van der Waals surface area contributed by atoms with Gasteiger partial charge in [0.25, 0.3) is 0 Å². The van der Waals surface area contributed by atoms with E-state index in [0.29, 0.717) is 36.1 Å². The quantitative estimate of drug-likeness (QED) is 0.320. The number of hydrogen-bond acceptors (Lipinski definition) is 6. The molecular formula is C23H25F4N5O. The van der Waals surface area contributed by atoms with Crippen LogP contribution in [0.3, 0.4) is 0 Å². The Morgan fingerprint density at radius 1 is 0.970 bits per heavy atom. The summed E-state index contributed by atoms with van der Waals surface area (Å²) >= 11 is 0. The molecule has 3 rings (SSSR count). The number of aromatic nitrogens is 2. The Labute approximate surface area is 189 Å². The van der Waals surface area contributed by atoms with Crippen molar-refractivity contribution in [3.05, 3.63) is 66.0 Å². The Kier molecular flexibility index (Phi) is 8.05. The van der Waals surface area contributed by atoms with Crippen molar-refractivity contribution in [1.82, 2.24) is 14.9 Å². The summed E-state index contributed by atoms with van der Waals surface area (Å²) in [5, 5.41) is 6.32. The summed E-state index contributed by atoms with van der Waals surface area (Å²) in [5.74, 6) is 0.157. The van der Waals surface area contributed by atoms with Crippen LogP contribution in [0.15, 0.2) is 54.6 Å². The molecule has 0 saturated heterocycles. The standard InChI is InChI=1S/C23H25F4N5O/c1-32(2)12-4-11-28-22-30-20(17-5-3-6-19(13-17)33-23(25,26)27)14-21(31-22)29-15-16-7-9-18(24)10-8-16/h3,5-10,13-14H,4,11-12,15H2,1-2H3,(H2,28,29,30,31). The summed E-state index contributed by atoms with van der Waals surface area (Å²) in [6, 6.07) is 13.3. The first kappa shape index (κ1) is 24.2. The highest BCUT2D eigenvalue weighted by atomic mass is 19.4. The van der Waals surface area contributed by atoms with E-state index < -0.39 is 6.36 Å². The second-order valence-electron chi connectivity index (χ2n) is 7.60. The largest absolute Gasteiger partial charge is 0.573 e. The maximum absolute atomic E-state index is 13.1. The SMILES string of the molecule is CN(C)CCCNc1nc(NCc2ccc(F)cc2)cc(-c2cccc(OC(F)(F)F)c2)n1. The van der Waals surface area contributed by atoms with Crippen molar-refractivity contribution >= 4 is 11.8 Å². The Morgan fingerprint density at radius 2 is 1.73 bits per heavy atom. The lowest BCUT2D eigenvalue weighted by atomic mass is 10.1. The number of nitrogens with zero attached hydrogens (tertiary/aromatic N) is 3. The van der Waals surface area contributed by atoms with Gasteiger partial charge in [0.05, 0.1) is 5.69 Å². The number of alkyl halides is 3. The van der Waals surface area contributed by atoms with Gasteiger partial charge in [-0.25, -0.2) is 9.37 Å². The molecule has 0 atom stereocenters. The minimum absolute atomic E-state index is 0.326. The van der Waals surface area contributed by atoms with Gasteiger partial charge in [0.2, 0.25) is 5.95 Å². The molecule has 0 radical (unpaired) electrons. The van der Waals surface area contributed by atoms with Crippen LogP contribution in [0, 0.1) is 5.82 Å². The normalized spacial score (nSPS) is 11.5. The van der Waals surface area contributed by atoms with Crippen LogP contribution in [-0.2, 0) is 6.54 Å². The molecule has 0 bridgehead atoms. The number of nitrogens with one attached hydrogen (secondary N) is 2. The maximum atomic E-state index is 13.1. The maximum Gasteiger partial charge on any atom is 0.573 e. The molecule has 0 aliphatic carbocycles. The van der Waals surface area contributed by atoms with Gasteiger partial charge in [0.1, 0.15) is 17.4 Å². The summed E-state index contributed by atoms with van der Waals surface area (Å²) in [4.78, 5) is 11.0. The van der Waals surface area contributed by atoms with Crippen molar-refractivity contribution in [1.29, 1.82) is 0 Å². The first-order valence-corrected chi connectivity index (χ1v) is 10.3. The van der Waals surface area contributed by atoms with Crippen molar-refractivity contribution in [3.8, 4) is 17.0 Å². The molecule has 0 saturated carbocycles. The van der Waals surface area contributed by atoms with Crippen LogP contribution in [0.25, 0.3) is 11.3 Å². The third-order valence-electron chi connectivity index (χ3n) is 4.54. The van der Waals surface area contributed by atoms with Crippen LogP contribution in [-0.4, -0.2) is 48.4 Å². The minimum Gasteiger partial charge on any atom is -0.406 e. The van der Waals surface area contributed by atoms with Crippen molar-refractivity contribution in [2.75, 3.05) is 37.8 Å². The van der Waals surface area contributed by atoms with Gasteiger partial charge in [-0.15, -0.1) is 13.2 Å². The molecule has 1 heterocycles. The van der Waals surface area contributed by atoms with Crippen molar-refractivity contribution < 1.29 is 22.3 Å². The van der Waals surface area contributed by atoms with Crippen molar-refractivity contribution in [3.63, 3.8) is 0 Å². The van der Waals surface area contributed by atoms with E-state index in [-0.39, 0.29) is 11.6 Å². The highest BCUT2D eigenvalue weighted by Crippen LogP contribution is 2.28. The Hall–Kier alpha value is -3.40. The molecule has 2 aromatic carbocycles. The van der Waals surface area contributed by atoms with Crippen LogP contribution in [0.4, 0.5) is 29.3 Å². The van der Waals surface area contributed by atoms with E-state index in [1.165, 1.54) is 30.3 Å². The second kappa shape index (κ2) is 11.0. The van der Waals surface area contributed by atoms with Gasteiger partial charge in [0.15, 0.2) is 0 Å². The van der Waals surface area contributed by atoms with E-state index in [0.717, 1.165) is 18.5 Å². The molecular weight excluding hydrogens is 438 g/mol. The van der Waals surface area contributed by atoms with Crippen molar-refractivity contribution in [2.24, 2.45) is 0 Å². The zero-order valence-electron chi connectivity index (χ0n) is 18.3. The van der Waals surface area contributed by atoms with E-state index in [1.54, 1.807) is 24.3 Å². The lowest BCUT2D eigenvalue weighted by Gasteiger charge is -2.14. The van der Waals surface area contributed by atoms with Gasteiger partial charge in [-0.3, -0.25) is 0 Å². The van der Waals surface area contributed by atoms with E-state index in [4.69, 9.17) is 0 Å². The number of anilines is 2. The minimum atomic E-state index is -4.79. The van der Waals surface area contributed by atoms with Crippen LogP contribution in [0.5, 0.6) is 5.75 Å². The number of benzene rings is 2. The Morgan fingerprint density at radius 3 is 2.42 bits per heavy atom. The third kappa shape index (κ3) is 8.23. The second-order valence-corrected chi connectivity index (χ2v) is 7.60. The van der Waals surface area contributed by atoms with Crippen LogP contribution >= 0.6 is 0 Å². The third-order valence-corrected chi connectivity index (χ3v) is 4.54. The highest BCUT2D eigenvalue weighted by molar-refractivity contribution is 5.66. The highest BCUT2D eigenvalue weighted by Gasteiger charge is 2.31. The lowest BCUT2D eigenvalue weighted by molar-refractivity contribution is -0.274. The molecule has 0 fully saturated rings. The van der Waals surface area contributed by atoms with Crippen molar-refractivity contribution in [2.45, 2.75) is 19.3 Å². The summed E-state index contributed by atoms with van der Waals surface area (Å²) in [5.41, 5.74) is 1.72. The van der Waals surface area contributed by atoms with Crippen LogP contribution in [0.1, 0.15) is 12.0 Å². The molecule has 2 N–H and O–H groups in total. The first-order valence-electron chi connectivity index (χ1n) is 10.3. The number of rotatable bonds is 10. The molecule has 6 nitrogen and oxygen atoms in total. The molecule has 1 aromatic heterocycles. The average molecular weight is 463 g/mol. The molecule has 0 aliphatic heterocycles. The fourth-order valence-corrected chi connectivity index (χ4v) is 3.01. The topological polar surface area (TPSA) is 62.3 Å². The van der Waals surface area contributed by atoms with Gasteiger partial charge in [-0.05, 0) is 56.9 Å². The Balaban J connectivity index is 1.83. The van der Waals surface area contributed by atoms with Gasteiger partial charge >= 0.3 is 6.36 Å². The van der Waals surface area contributed by atoms with Gasteiger partial charge < -0.3 is 20.3 Å². The number of hydrogen-bond donors (Lipinski definition) is 2. The van der Waals surface area contributed by atoms with Gasteiger partial charge in [0, 0.05) is 24.7 Å². The lowest BCUT2D eigenvalue weighted by Crippen LogP contribution is -2.17. The van der Waals surface area contributed by atoms with E-state index >= 15 is 0 Å². The van der Waals surface area contributed by atoms with E-state index in [2.05, 4.69) is 30.2 Å². The molecule has 0 aliphatic rings. The summed E-state index contributed by atoms with van der Waals surface area (Å²) < 4.78 is 55.1. The molecule has 0 amide bonds. The molecule has 0 spiro atoms. The summed E-state index contributed by atoms with van der Waals surface area (Å²) in [7, 11) is 3.95. The smallest absolute Gasteiger partial charge is 0.406 e. The van der Waals surface area contributed by atoms with E-state index in [9.17, 15) is 17.6 Å². The zero-order chi connectivity index (χ0) is 23.8. The molecule has 33 heavy (non-hydrogen) atoms. The average Bonchev–Trinajstić information content (AvgIpc) is 2.75. The predicted octanol–water partition coefficient (Wildman–Crippen LogP) is 5.16. The number of ether oxygens (including phenoxy) is 1. The molecule has 0 unspecified atom stereocenters. The van der Waals surface area contributed by atoms with Crippen LogP contribution < -0.4 is 15.4 Å². The molecule has 10 heteroatoms. The fourth-order valence-electron chi connectivity index (χ4n) is 3.01. The molecule has 176 valence electrons. The monoisotopic (exact) mass is 463 g/mol. The van der Waals surface area contributed by atoms with E-state index in [1.807, 2.05) is 14.1 Å². The molecule has 3 aromatic rings. The van der Waals surface area contributed by atoms with Gasteiger partial charge in [-0.1, -0.05) is 24.3 Å².